The number of halogens is 3. The Morgan fingerprint density at radius 1 is 1.29 bits per heavy atom. The average molecular weight is 342 g/mol. The van der Waals surface area contributed by atoms with Crippen molar-refractivity contribution in [3.8, 4) is 0 Å². The van der Waals surface area contributed by atoms with Crippen molar-refractivity contribution < 1.29 is 27.5 Å². The summed E-state index contributed by atoms with van der Waals surface area (Å²) in [6.45, 7) is 1.56. The van der Waals surface area contributed by atoms with Crippen LogP contribution in [0.2, 0.25) is 0 Å². The van der Waals surface area contributed by atoms with Gasteiger partial charge in [-0.05, 0) is 31.2 Å². The maximum atomic E-state index is 13.2. The summed E-state index contributed by atoms with van der Waals surface area (Å²) < 4.78 is 44.6. The van der Waals surface area contributed by atoms with Gasteiger partial charge in [0.15, 0.2) is 0 Å². The van der Waals surface area contributed by atoms with Gasteiger partial charge in [0, 0.05) is 24.9 Å². The van der Waals surface area contributed by atoms with E-state index in [1.54, 1.807) is 24.4 Å². The molecular formula is C16H17F3N2O3. The molecule has 2 N–H and O–H groups in total. The van der Waals surface area contributed by atoms with Crippen LogP contribution in [0.1, 0.15) is 23.6 Å². The van der Waals surface area contributed by atoms with Crippen LogP contribution in [0.4, 0.5) is 13.2 Å². The highest BCUT2D eigenvalue weighted by Crippen LogP contribution is 2.42. The number of carbonyl (C=O) groups excluding carboxylic acids is 1. The minimum atomic E-state index is -5.05. The molecule has 24 heavy (non-hydrogen) atoms. The van der Waals surface area contributed by atoms with Gasteiger partial charge in [0.1, 0.15) is 11.5 Å². The van der Waals surface area contributed by atoms with Gasteiger partial charge in [0.2, 0.25) is 11.5 Å². The van der Waals surface area contributed by atoms with Crippen LogP contribution in [0, 0.1) is 6.92 Å². The minimum Gasteiger partial charge on any atom is -0.463 e. The zero-order chi connectivity index (χ0) is 17.8. The number of aryl methyl sites for hydroxylation is 1. The number of nitrogens with one attached hydrogen (secondary N) is 1. The number of alkyl halides is 3. The molecule has 1 atom stereocenters. The highest BCUT2D eigenvalue weighted by atomic mass is 19.4. The van der Waals surface area contributed by atoms with Gasteiger partial charge in [-0.15, -0.1) is 0 Å². The molecule has 0 aliphatic heterocycles. The number of rotatable bonds is 6. The van der Waals surface area contributed by atoms with Gasteiger partial charge < -0.3 is 14.8 Å². The Morgan fingerprint density at radius 3 is 2.58 bits per heavy atom. The van der Waals surface area contributed by atoms with Crippen LogP contribution in [0.3, 0.4) is 0 Å². The van der Waals surface area contributed by atoms with E-state index in [9.17, 15) is 23.1 Å². The molecule has 0 bridgehead atoms. The molecule has 8 heteroatoms. The number of aromatic nitrogens is 1. The van der Waals surface area contributed by atoms with Crippen LogP contribution in [0.25, 0.3) is 0 Å². The molecule has 1 unspecified atom stereocenters. The van der Waals surface area contributed by atoms with Crippen LogP contribution in [-0.4, -0.2) is 28.7 Å². The van der Waals surface area contributed by atoms with E-state index in [0.29, 0.717) is 12.1 Å². The summed E-state index contributed by atoms with van der Waals surface area (Å²) in [5, 5.41) is 12.4. The van der Waals surface area contributed by atoms with Crippen LogP contribution in [0.15, 0.2) is 40.9 Å². The van der Waals surface area contributed by atoms with E-state index >= 15 is 0 Å². The molecule has 0 aliphatic carbocycles. The monoisotopic (exact) mass is 342 g/mol. The third-order valence-electron chi connectivity index (χ3n) is 3.46. The van der Waals surface area contributed by atoms with E-state index in [1.165, 1.54) is 13.0 Å². The van der Waals surface area contributed by atoms with Gasteiger partial charge in [-0.3, -0.25) is 9.78 Å². The van der Waals surface area contributed by atoms with Crippen LogP contribution >= 0.6 is 0 Å². The lowest BCUT2D eigenvalue weighted by Gasteiger charge is -2.27. The Balaban J connectivity index is 2.00. The Morgan fingerprint density at radius 2 is 2.04 bits per heavy atom. The highest BCUT2D eigenvalue weighted by molar-refractivity contribution is 5.77. The summed E-state index contributed by atoms with van der Waals surface area (Å²) in [6, 6.07) is 7.56. The molecule has 2 heterocycles. The van der Waals surface area contributed by atoms with E-state index in [1.807, 2.05) is 0 Å². The zero-order valence-electron chi connectivity index (χ0n) is 12.9. The molecule has 0 spiro atoms. The maximum absolute atomic E-state index is 13.2. The largest absolute Gasteiger partial charge is 0.463 e. The number of pyridine rings is 1. The van der Waals surface area contributed by atoms with Crippen LogP contribution in [0.5, 0.6) is 0 Å². The first-order valence-electron chi connectivity index (χ1n) is 7.25. The lowest BCUT2D eigenvalue weighted by Crippen LogP contribution is -2.46. The van der Waals surface area contributed by atoms with Crippen molar-refractivity contribution >= 4 is 5.91 Å². The molecule has 2 aromatic heterocycles. The molecule has 0 aliphatic rings. The summed E-state index contributed by atoms with van der Waals surface area (Å²) in [4.78, 5) is 15.9. The fraction of sp³-hybridized carbons (Fsp3) is 0.375. The third-order valence-corrected chi connectivity index (χ3v) is 3.46. The fourth-order valence-electron chi connectivity index (χ4n) is 2.15. The summed E-state index contributed by atoms with van der Waals surface area (Å²) in [7, 11) is 0. The predicted molar refractivity (Wildman–Crippen MR) is 79.0 cm³/mol. The third kappa shape index (κ3) is 4.14. The Bertz CT molecular complexity index is 685. The SMILES string of the molecule is Cc1ccc(C(O)(CC(=O)NCCc2ccccn2)C(F)(F)F)o1. The van der Waals surface area contributed by atoms with E-state index in [2.05, 4.69) is 10.3 Å². The first kappa shape index (κ1) is 18.0. The molecule has 0 radical (unpaired) electrons. The van der Waals surface area contributed by atoms with Gasteiger partial charge in [-0.1, -0.05) is 6.07 Å². The first-order valence-corrected chi connectivity index (χ1v) is 7.25. The highest BCUT2D eigenvalue weighted by Gasteiger charge is 2.58. The molecular weight excluding hydrogens is 325 g/mol. The van der Waals surface area contributed by atoms with Crippen molar-refractivity contribution in [3.05, 3.63) is 53.7 Å². The topological polar surface area (TPSA) is 75.4 Å². The normalized spacial score (nSPS) is 14.2. The molecule has 0 aromatic carbocycles. The van der Waals surface area contributed by atoms with E-state index in [-0.39, 0.29) is 12.3 Å². The lowest BCUT2D eigenvalue weighted by molar-refractivity contribution is -0.273. The number of carbonyl (C=O) groups is 1. The Labute approximate surface area is 136 Å². The van der Waals surface area contributed by atoms with Gasteiger partial charge >= 0.3 is 6.18 Å². The predicted octanol–water partition coefficient (Wildman–Crippen LogP) is 2.48. The Hall–Kier alpha value is -2.35. The van der Waals surface area contributed by atoms with Crippen molar-refractivity contribution in [3.63, 3.8) is 0 Å². The second kappa shape index (κ2) is 7.04. The minimum absolute atomic E-state index is 0.112. The number of nitrogens with zero attached hydrogens (tertiary/aromatic N) is 1. The average Bonchev–Trinajstić information content (AvgIpc) is 2.94. The van der Waals surface area contributed by atoms with Crippen molar-refractivity contribution in [1.82, 2.24) is 10.3 Å². The van der Waals surface area contributed by atoms with E-state index in [0.717, 1.165) is 6.07 Å². The molecule has 130 valence electrons. The summed E-state index contributed by atoms with van der Waals surface area (Å²) in [5.41, 5.74) is -2.67. The van der Waals surface area contributed by atoms with Gasteiger partial charge in [-0.25, -0.2) is 0 Å². The second-order valence-corrected chi connectivity index (χ2v) is 5.37. The summed E-state index contributed by atoms with van der Waals surface area (Å²) >= 11 is 0. The van der Waals surface area contributed by atoms with Crippen molar-refractivity contribution in [2.24, 2.45) is 0 Å². The number of furan rings is 1. The molecule has 2 rings (SSSR count). The smallest absolute Gasteiger partial charge is 0.425 e. The number of aliphatic hydroxyl groups is 1. The van der Waals surface area contributed by atoms with Gasteiger partial charge in [0.05, 0.1) is 6.42 Å². The second-order valence-electron chi connectivity index (χ2n) is 5.37. The lowest BCUT2D eigenvalue weighted by atomic mass is 9.95. The molecule has 5 nitrogen and oxygen atoms in total. The van der Waals surface area contributed by atoms with Gasteiger partial charge in [0.25, 0.3) is 0 Å². The van der Waals surface area contributed by atoms with Crippen molar-refractivity contribution in [1.29, 1.82) is 0 Å². The molecule has 0 fully saturated rings. The number of amides is 1. The maximum Gasteiger partial charge on any atom is 0.425 e. The standard InChI is InChI=1S/C16H17F3N2O3/c1-11-5-6-13(24-11)15(23,16(17,18)19)10-14(22)21-9-7-12-4-2-3-8-20-12/h2-6,8,23H,7,9-10H2,1H3,(H,21,22). The summed E-state index contributed by atoms with van der Waals surface area (Å²) in [5.74, 6) is -1.42. The van der Waals surface area contributed by atoms with E-state index in [4.69, 9.17) is 4.42 Å². The first-order chi connectivity index (χ1) is 11.2. The Kier molecular flexibility index (Phi) is 5.28. The van der Waals surface area contributed by atoms with Crippen molar-refractivity contribution in [2.75, 3.05) is 6.54 Å². The quantitative estimate of drug-likeness (QED) is 0.846. The number of hydrogen-bond donors (Lipinski definition) is 2. The van der Waals surface area contributed by atoms with Gasteiger partial charge in [-0.2, -0.15) is 13.2 Å². The molecule has 1 amide bonds. The molecule has 0 saturated carbocycles. The van der Waals surface area contributed by atoms with Crippen LogP contribution in [-0.2, 0) is 16.8 Å². The molecule has 0 saturated heterocycles. The molecule has 2 aromatic rings. The van der Waals surface area contributed by atoms with Crippen molar-refractivity contribution in [2.45, 2.75) is 31.5 Å². The zero-order valence-corrected chi connectivity index (χ0v) is 12.9. The number of hydrogen-bond acceptors (Lipinski definition) is 4. The van der Waals surface area contributed by atoms with E-state index < -0.39 is 29.9 Å². The van der Waals surface area contributed by atoms with Crippen LogP contribution < -0.4 is 5.32 Å². The summed E-state index contributed by atoms with van der Waals surface area (Å²) in [6.07, 6.45) is -4.27. The fourth-order valence-corrected chi connectivity index (χ4v) is 2.15.